The van der Waals surface area contributed by atoms with Crippen molar-refractivity contribution in [3.8, 4) is 11.5 Å². The SMILES string of the molecule is COc1ccc([C@H]2CCCN2Cc2nc(N)nc(Nc3ccccc3C)n2)c(OC)c1. The molecule has 1 aliphatic rings. The number of para-hydroxylation sites is 1. The van der Waals surface area contributed by atoms with Gasteiger partial charge in [-0.2, -0.15) is 15.0 Å². The maximum atomic E-state index is 5.99. The van der Waals surface area contributed by atoms with Gasteiger partial charge in [0.05, 0.1) is 20.8 Å². The highest BCUT2D eigenvalue weighted by atomic mass is 16.5. The first-order valence-corrected chi connectivity index (χ1v) is 10.4. The Bertz CT molecular complexity index is 1060. The molecule has 0 spiro atoms. The Balaban J connectivity index is 1.56. The predicted molar refractivity (Wildman–Crippen MR) is 121 cm³/mol. The van der Waals surface area contributed by atoms with Gasteiger partial charge in [0.2, 0.25) is 11.9 Å². The average molecular weight is 421 g/mol. The Labute approximate surface area is 182 Å². The zero-order valence-electron chi connectivity index (χ0n) is 18.1. The van der Waals surface area contributed by atoms with E-state index >= 15 is 0 Å². The molecule has 0 saturated carbocycles. The lowest BCUT2D eigenvalue weighted by molar-refractivity contribution is 0.237. The second-order valence-corrected chi connectivity index (χ2v) is 7.61. The number of rotatable bonds is 7. The van der Waals surface area contributed by atoms with Crippen LogP contribution in [0.15, 0.2) is 42.5 Å². The van der Waals surface area contributed by atoms with Gasteiger partial charge < -0.3 is 20.5 Å². The van der Waals surface area contributed by atoms with Crippen LogP contribution in [0, 0.1) is 6.92 Å². The van der Waals surface area contributed by atoms with Gasteiger partial charge in [-0.25, -0.2) is 0 Å². The molecule has 162 valence electrons. The van der Waals surface area contributed by atoms with Crippen molar-refractivity contribution in [2.75, 3.05) is 31.8 Å². The van der Waals surface area contributed by atoms with Crippen molar-refractivity contribution in [3.05, 3.63) is 59.4 Å². The molecular weight excluding hydrogens is 392 g/mol. The van der Waals surface area contributed by atoms with Crippen LogP contribution in [0.3, 0.4) is 0 Å². The molecule has 3 N–H and O–H groups in total. The standard InChI is InChI=1S/C23H28N6O2/c1-15-7-4-5-8-18(15)25-23-27-21(26-22(24)28-23)14-29-12-6-9-19(29)17-11-10-16(30-2)13-20(17)31-3/h4-5,7-8,10-11,13,19H,6,9,12,14H2,1-3H3,(H3,24,25,26,27,28)/t19-/m1/s1. The van der Waals surface area contributed by atoms with E-state index in [1.165, 1.54) is 0 Å². The summed E-state index contributed by atoms with van der Waals surface area (Å²) in [6.45, 7) is 3.56. The van der Waals surface area contributed by atoms with Crippen LogP contribution in [-0.4, -0.2) is 40.6 Å². The molecule has 1 atom stereocenters. The third-order valence-corrected chi connectivity index (χ3v) is 5.60. The molecular formula is C23H28N6O2. The van der Waals surface area contributed by atoms with Crippen molar-refractivity contribution >= 4 is 17.6 Å². The molecule has 0 bridgehead atoms. The van der Waals surface area contributed by atoms with Crippen molar-refractivity contribution in [2.24, 2.45) is 0 Å². The number of aryl methyl sites for hydroxylation is 1. The van der Waals surface area contributed by atoms with Crippen LogP contribution in [0.25, 0.3) is 0 Å². The molecule has 1 aromatic heterocycles. The lowest BCUT2D eigenvalue weighted by Crippen LogP contribution is -2.25. The monoisotopic (exact) mass is 420 g/mol. The van der Waals surface area contributed by atoms with E-state index in [1.54, 1.807) is 14.2 Å². The van der Waals surface area contributed by atoms with E-state index < -0.39 is 0 Å². The van der Waals surface area contributed by atoms with Crippen molar-refractivity contribution in [3.63, 3.8) is 0 Å². The van der Waals surface area contributed by atoms with E-state index in [2.05, 4.69) is 31.2 Å². The normalized spacial score (nSPS) is 16.3. The molecule has 2 aromatic carbocycles. The second kappa shape index (κ2) is 9.18. The van der Waals surface area contributed by atoms with E-state index in [0.717, 1.165) is 47.7 Å². The number of hydrogen-bond acceptors (Lipinski definition) is 8. The highest BCUT2D eigenvalue weighted by Crippen LogP contribution is 2.39. The number of nitrogens with one attached hydrogen (secondary N) is 1. The molecule has 0 radical (unpaired) electrons. The van der Waals surface area contributed by atoms with E-state index in [-0.39, 0.29) is 12.0 Å². The van der Waals surface area contributed by atoms with Gasteiger partial charge in [0, 0.05) is 23.4 Å². The second-order valence-electron chi connectivity index (χ2n) is 7.61. The number of aromatic nitrogens is 3. The fraction of sp³-hybridized carbons (Fsp3) is 0.348. The number of anilines is 3. The van der Waals surface area contributed by atoms with Crippen molar-refractivity contribution in [1.82, 2.24) is 19.9 Å². The summed E-state index contributed by atoms with van der Waals surface area (Å²) in [6, 6.07) is 14.2. The zero-order chi connectivity index (χ0) is 21.8. The molecule has 8 nitrogen and oxygen atoms in total. The van der Waals surface area contributed by atoms with Gasteiger partial charge in [0.1, 0.15) is 17.3 Å². The van der Waals surface area contributed by atoms with Crippen LogP contribution in [-0.2, 0) is 6.54 Å². The van der Waals surface area contributed by atoms with Crippen LogP contribution < -0.4 is 20.5 Å². The molecule has 1 fully saturated rings. The van der Waals surface area contributed by atoms with Gasteiger partial charge in [0.15, 0.2) is 0 Å². The van der Waals surface area contributed by atoms with Crippen molar-refractivity contribution in [1.29, 1.82) is 0 Å². The molecule has 31 heavy (non-hydrogen) atoms. The lowest BCUT2D eigenvalue weighted by Gasteiger charge is -2.26. The highest BCUT2D eigenvalue weighted by molar-refractivity contribution is 5.58. The van der Waals surface area contributed by atoms with Gasteiger partial charge in [-0.1, -0.05) is 24.3 Å². The van der Waals surface area contributed by atoms with Gasteiger partial charge >= 0.3 is 0 Å². The number of nitrogens with zero attached hydrogens (tertiary/aromatic N) is 4. The van der Waals surface area contributed by atoms with Crippen LogP contribution in [0.1, 0.15) is 35.8 Å². The number of nitrogen functional groups attached to an aromatic ring is 1. The predicted octanol–water partition coefficient (Wildman–Crippen LogP) is 3.86. The minimum absolute atomic E-state index is 0.207. The molecule has 0 unspecified atom stereocenters. The number of hydrogen-bond donors (Lipinski definition) is 2. The summed E-state index contributed by atoms with van der Waals surface area (Å²) in [5, 5.41) is 3.26. The Kier molecular flexibility index (Phi) is 6.18. The summed E-state index contributed by atoms with van der Waals surface area (Å²) in [4.78, 5) is 15.6. The van der Waals surface area contributed by atoms with E-state index in [0.29, 0.717) is 18.3 Å². The summed E-state index contributed by atoms with van der Waals surface area (Å²) in [5.41, 5.74) is 9.19. The molecule has 4 rings (SSSR count). The molecule has 0 amide bonds. The molecule has 1 aliphatic heterocycles. The lowest BCUT2D eigenvalue weighted by atomic mass is 10.0. The third-order valence-electron chi connectivity index (χ3n) is 5.60. The number of likely N-dealkylation sites (tertiary alicyclic amines) is 1. The summed E-state index contributed by atoms with van der Waals surface area (Å²) >= 11 is 0. The fourth-order valence-electron chi connectivity index (χ4n) is 4.04. The quantitative estimate of drug-likeness (QED) is 0.595. The fourth-order valence-corrected chi connectivity index (χ4v) is 4.04. The first-order valence-electron chi connectivity index (χ1n) is 10.4. The Morgan fingerprint density at radius 3 is 2.71 bits per heavy atom. The maximum absolute atomic E-state index is 5.99. The third kappa shape index (κ3) is 4.69. The number of benzene rings is 2. The Morgan fingerprint density at radius 2 is 1.94 bits per heavy atom. The van der Waals surface area contributed by atoms with E-state index in [4.69, 9.17) is 15.2 Å². The van der Waals surface area contributed by atoms with E-state index in [9.17, 15) is 0 Å². The summed E-state index contributed by atoms with van der Waals surface area (Å²) in [6.07, 6.45) is 2.13. The van der Waals surface area contributed by atoms with Crippen LogP contribution in [0.4, 0.5) is 17.6 Å². The number of nitrogens with two attached hydrogens (primary N) is 1. The highest BCUT2D eigenvalue weighted by Gasteiger charge is 2.29. The first-order chi connectivity index (χ1) is 15.1. The molecule has 0 aliphatic carbocycles. The van der Waals surface area contributed by atoms with Gasteiger partial charge in [-0.3, -0.25) is 4.90 Å². The van der Waals surface area contributed by atoms with Gasteiger partial charge in [-0.15, -0.1) is 0 Å². The van der Waals surface area contributed by atoms with Crippen LogP contribution in [0.2, 0.25) is 0 Å². The molecule has 2 heterocycles. The van der Waals surface area contributed by atoms with E-state index in [1.807, 2.05) is 43.3 Å². The largest absolute Gasteiger partial charge is 0.497 e. The topological polar surface area (TPSA) is 98.4 Å². The minimum Gasteiger partial charge on any atom is -0.497 e. The summed E-state index contributed by atoms with van der Waals surface area (Å²) < 4.78 is 11.0. The van der Waals surface area contributed by atoms with Crippen LogP contribution >= 0.6 is 0 Å². The van der Waals surface area contributed by atoms with Crippen molar-refractivity contribution < 1.29 is 9.47 Å². The molecule has 1 saturated heterocycles. The maximum Gasteiger partial charge on any atom is 0.232 e. The average Bonchev–Trinajstić information content (AvgIpc) is 3.22. The van der Waals surface area contributed by atoms with Crippen molar-refractivity contribution in [2.45, 2.75) is 32.4 Å². The Morgan fingerprint density at radius 1 is 1.10 bits per heavy atom. The first kappa shape index (κ1) is 20.9. The zero-order valence-corrected chi connectivity index (χ0v) is 18.1. The molecule has 8 heteroatoms. The molecule has 3 aromatic rings. The summed E-state index contributed by atoms with van der Waals surface area (Å²) in [5.74, 6) is 2.91. The van der Waals surface area contributed by atoms with Gasteiger partial charge in [0.25, 0.3) is 0 Å². The summed E-state index contributed by atoms with van der Waals surface area (Å²) in [7, 11) is 3.35. The Hall–Kier alpha value is -3.39. The number of ether oxygens (including phenoxy) is 2. The van der Waals surface area contributed by atoms with Gasteiger partial charge in [-0.05, 0) is 44.0 Å². The minimum atomic E-state index is 0.207. The number of methoxy groups -OCH3 is 2. The van der Waals surface area contributed by atoms with Crippen LogP contribution in [0.5, 0.6) is 11.5 Å². The smallest absolute Gasteiger partial charge is 0.232 e.